The van der Waals surface area contributed by atoms with Gasteiger partial charge in [-0.05, 0) is 62.6 Å². The molecule has 8 nitrogen and oxygen atoms in total. The van der Waals surface area contributed by atoms with Crippen LogP contribution < -0.4 is 16.1 Å². The van der Waals surface area contributed by atoms with Gasteiger partial charge >= 0.3 is 0 Å². The van der Waals surface area contributed by atoms with Crippen molar-refractivity contribution in [3.05, 3.63) is 46.8 Å². The van der Waals surface area contributed by atoms with Crippen LogP contribution in [-0.4, -0.2) is 27.9 Å². The van der Waals surface area contributed by atoms with Gasteiger partial charge in [0.2, 0.25) is 11.8 Å². The number of rotatable bonds is 7. The molecule has 3 rings (SSSR count). The first kappa shape index (κ1) is 20.3. The van der Waals surface area contributed by atoms with Gasteiger partial charge in [-0.1, -0.05) is 0 Å². The zero-order valence-electron chi connectivity index (χ0n) is 16.4. The minimum atomic E-state index is -0.465. The minimum absolute atomic E-state index is 0.169. The molecule has 0 atom stereocenters. The van der Waals surface area contributed by atoms with E-state index in [2.05, 4.69) is 15.6 Å². The molecule has 1 aliphatic heterocycles. The van der Waals surface area contributed by atoms with Crippen molar-refractivity contribution in [2.45, 2.75) is 39.5 Å². The van der Waals surface area contributed by atoms with E-state index < -0.39 is 5.91 Å². The van der Waals surface area contributed by atoms with E-state index in [9.17, 15) is 14.4 Å². The highest BCUT2D eigenvalue weighted by Gasteiger charge is 2.25. The molecule has 8 heteroatoms. The van der Waals surface area contributed by atoms with Crippen molar-refractivity contribution in [2.75, 3.05) is 10.6 Å². The maximum Gasteiger partial charge on any atom is 0.256 e. The average molecular weight is 396 g/mol. The SMILES string of the molecule is Cc1cc(C)c(C=C2C(=O)Nc3ccc(NC(=O)CCCCC(=O)NO)cc32)[nH]1. The van der Waals surface area contributed by atoms with E-state index in [-0.39, 0.29) is 24.7 Å². The molecule has 0 saturated carbocycles. The lowest BCUT2D eigenvalue weighted by atomic mass is 10.0. The molecule has 152 valence electrons. The lowest BCUT2D eigenvalue weighted by Gasteiger charge is -2.07. The monoisotopic (exact) mass is 396 g/mol. The number of aromatic nitrogens is 1. The number of amides is 3. The van der Waals surface area contributed by atoms with E-state index in [1.54, 1.807) is 23.7 Å². The summed E-state index contributed by atoms with van der Waals surface area (Å²) in [4.78, 5) is 38.8. The third-order valence-corrected chi connectivity index (χ3v) is 4.75. The topological polar surface area (TPSA) is 123 Å². The Kier molecular flexibility index (Phi) is 6.13. The van der Waals surface area contributed by atoms with Crippen LogP contribution in [0.5, 0.6) is 0 Å². The highest BCUT2D eigenvalue weighted by molar-refractivity contribution is 6.35. The molecule has 1 aromatic heterocycles. The van der Waals surface area contributed by atoms with Gasteiger partial charge in [0, 0.05) is 41.2 Å². The number of fused-ring (bicyclic) bond motifs is 1. The van der Waals surface area contributed by atoms with Gasteiger partial charge in [-0.2, -0.15) is 0 Å². The predicted octanol–water partition coefficient (Wildman–Crippen LogP) is 3.13. The van der Waals surface area contributed by atoms with Crippen LogP contribution in [0.3, 0.4) is 0 Å². The Morgan fingerprint density at radius 3 is 2.48 bits per heavy atom. The Labute approximate surface area is 168 Å². The molecule has 0 saturated heterocycles. The van der Waals surface area contributed by atoms with E-state index in [1.807, 2.05) is 26.0 Å². The van der Waals surface area contributed by atoms with Crippen LogP contribution in [0.2, 0.25) is 0 Å². The van der Waals surface area contributed by atoms with E-state index in [1.165, 1.54) is 0 Å². The Morgan fingerprint density at radius 1 is 1.10 bits per heavy atom. The summed E-state index contributed by atoms with van der Waals surface area (Å²) >= 11 is 0. The second kappa shape index (κ2) is 8.74. The molecule has 0 bridgehead atoms. The van der Waals surface area contributed by atoms with Crippen molar-refractivity contribution < 1.29 is 19.6 Å². The van der Waals surface area contributed by atoms with Crippen LogP contribution in [0, 0.1) is 13.8 Å². The van der Waals surface area contributed by atoms with E-state index in [4.69, 9.17) is 5.21 Å². The first-order chi connectivity index (χ1) is 13.9. The molecule has 29 heavy (non-hydrogen) atoms. The summed E-state index contributed by atoms with van der Waals surface area (Å²) in [6.45, 7) is 3.94. The lowest BCUT2D eigenvalue weighted by molar-refractivity contribution is -0.129. The van der Waals surface area contributed by atoms with Crippen molar-refractivity contribution in [2.24, 2.45) is 0 Å². The number of aryl methyl sites for hydroxylation is 2. The van der Waals surface area contributed by atoms with Crippen LogP contribution in [0.25, 0.3) is 11.6 Å². The van der Waals surface area contributed by atoms with E-state index in [0.29, 0.717) is 29.8 Å². The summed E-state index contributed by atoms with van der Waals surface area (Å²) in [5.41, 5.74) is 7.09. The largest absolute Gasteiger partial charge is 0.359 e. The van der Waals surface area contributed by atoms with Gasteiger partial charge in [0.05, 0.1) is 5.57 Å². The molecule has 0 fully saturated rings. The maximum atomic E-state index is 12.4. The smallest absolute Gasteiger partial charge is 0.256 e. The van der Waals surface area contributed by atoms with Gasteiger partial charge < -0.3 is 15.6 Å². The minimum Gasteiger partial charge on any atom is -0.359 e. The zero-order valence-corrected chi connectivity index (χ0v) is 16.4. The number of hydrogen-bond donors (Lipinski definition) is 5. The maximum absolute atomic E-state index is 12.4. The number of carbonyl (C=O) groups is 3. The molecular weight excluding hydrogens is 372 g/mol. The van der Waals surface area contributed by atoms with Crippen molar-refractivity contribution >= 4 is 40.7 Å². The van der Waals surface area contributed by atoms with Gasteiger partial charge in [0.15, 0.2) is 0 Å². The number of nitrogens with one attached hydrogen (secondary N) is 4. The third-order valence-electron chi connectivity index (χ3n) is 4.75. The molecule has 2 aromatic rings. The Hall–Kier alpha value is -3.39. The average Bonchev–Trinajstić information content (AvgIpc) is 3.16. The third kappa shape index (κ3) is 4.91. The second-order valence-corrected chi connectivity index (χ2v) is 7.11. The van der Waals surface area contributed by atoms with Crippen molar-refractivity contribution in [1.82, 2.24) is 10.5 Å². The van der Waals surface area contributed by atoms with Crippen molar-refractivity contribution in [3.63, 3.8) is 0 Å². The van der Waals surface area contributed by atoms with Gasteiger partial charge in [-0.3, -0.25) is 19.6 Å². The standard InChI is InChI=1S/C21H24N4O4/c1-12-9-13(2)22-18(12)11-16-15-10-14(7-8-17(15)24-21(16)28)23-19(26)5-3-4-6-20(27)25-29/h7-11,22,29H,3-6H2,1-2H3,(H,23,26)(H,24,28)(H,25,27). The number of aromatic amines is 1. The van der Waals surface area contributed by atoms with Gasteiger partial charge in [-0.25, -0.2) is 5.48 Å². The van der Waals surface area contributed by atoms with Crippen LogP contribution in [0.4, 0.5) is 11.4 Å². The number of hydroxylamine groups is 1. The van der Waals surface area contributed by atoms with Crippen LogP contribution in [0.15, 0.2) is 24.3 Å². The van der Waals surface area contributed by atoms with Crippen LogP contribution in [-0.2, 0) is 14.4 Å². The number of anilines is 2. The molecule has 2 heterocycles. The molecule has 3 amide bonds. The molecule has 1 aliphatic rings. The van der Waals surface area contributed by atoms with Gasteiger partial charge in [0.1, 0.15) is 0 Å². The summed E-state index contributed by atoms with van der Waals surface area (Å²) < 4.78 is 0. The quantitative estimate of drug-likeness (QED) is 0.213. The summed E-state index contributed by atoms with van der Waals surface area (Å²) in [7, 11) is 0. The van der Waals surface area contributed by atoms with Crippen LogP contribution >= 0.6 is 0 Å². The van der Waals surface area contributed by atoms with Crippen molar-refractivity contribution in [3.8, 4) is 0 Å². The zero-order chi connectivity index (χ0) is 21.0. The fraction of sp³-hybridized carbons (Fsp3) is 0.286. The first-order valence-corrected chi connectivity index (χ1v) is 9.44. The number of H-pyrrole nitrogens is 1. The Balaban J connectivity index is 1.69. The van der Waals surface area contributed by atoms with Crippen LogP contribution in [0.1, 0.15) is 48.2 Å². The summed E-state index contributed by atoms with van der Waals surface area (Å²) in [5.74, 6) is -0.821. The Morgan fingerprint density at radius 2 is 1.83 bits per heavy atom. The second-order valence-electron chi connectivity index (χ2n) is 7.11. The highest BCUT2D eigenvalue weighted by Crippen LogP contribution is 2.35. The fourth-order valence-electron chi connectivity index (χ4n) is 3.30. The lowest BCUT2D eigenvalue weighted by Crippen LogP contribution is -2.18. The molecular formula is C21H24N4O4. The number of unbranched alkanes of at least 4 members (excludes halogenated alkanes) is 1. The number of hydrogen-bond acceptors (Lipinski definition) is 4. The molecule has 0 radical (unpaired) electrons. The molecule has 0 aliphatic carbocycles. The van der Waals surface area contributed by atoms with Gasteiger partial charge in [0.25, 0.3) is 5.91 Å². The Bertz CT molecular complexity index is 991. The summed E-state index contributed by atoms with van der Waals surface area (Å²) in [6.07, 6.45) is 3.28. The highest BCUT2D eigenvalue weighted by atomic mass is 16.5. The van der Waals surface area contributed by atoms with E-state index in [0.717, 1.165) is 22.5 Å². The number of carbonyl (C=O) groups excluding carboxylic acids is 3. The number of benzene rings is 1. The summed E-state index contributed by atoms with van der Waals surface area (Å²) in [5, 5.41) is 14.1. The van der Waals surface area contributed by atoms with E-state index >= 15 is 0 Å². The summed E-state index contributed by atoms with van der Waals surface area (Å²) in [6, 6.07) is 7.30. The fourth-order valence-corrected chi connectivity index (χ4v) is 3.30. The molecule has 5 N–H and O–H groups in total. The predicted molar refractivity (Wildman–Crippen MR) is 110 cm³/mol. The van der Waals surface area contributed by atoms with Crippen molar-refractivity contribution in [1.29, 1.82) is 0 Å². The first-order valence-electron chi connectivity index (χ1n) is 9.44. The van der Waals surface area contributed by atoms with Gasteiger partial charge in [-0.15, -0.1) is 0 Å². The normalized spacial score (nSPS) is 13.9. The molecule has 0 spiro atoms. The molecule has 0 unspecified atom stereocenters. The molecule has 1 aromatic carbocycles.